The molecule has 0 spiro atoms. The van der Waals surface area contributed by atoms with Crippen LogP contribution < -0.4 is 5.32 Å². The summed E-state index contributed by atoms with van der Waals surface area (Å²) in [5.74, 6) is -0.451. The number of nitrogens with one attached hydrogen (secondary N) is 1. The predicted octanol–water partition coefficient (Wildman–Crippen LogP) is 2.28. The van der Waals surface area contributed by atoms with E-state index in [2.05, 4.69) is 19.2 Å². The quantitative estimate of drug-likeness (QED) is 0.895. The predicted molar refractivity (Wildman–Crippen MR) is 82.7 cm³/mol. The van der Waals surface area contributed by atoms with Gasteiger partial charge in [-0.25, -0.2) is 0 Å². The zero-order valence-electron chi connectivity index (χ0n) is 13.1. The number of thiophene rings is 1. The molecule has 118 valence electrons. The first kappa shape index (κ1) is 16.4. The van der Waals surface area contributed by atoms with E-state index >= 15 is 0 Å². The van der Waals surface area contributed by atoms with Gasteiger partial charge in [0.05, 0.1) is 22.8 Å². The van der Waals surface area contributed by atoms with Gasteiger partial charge in [-0.3, -0.25) is 4.79 Å². The van der Waals surface area contributed by atoms with Crippen molar-refractivity contribution in [2.24, 2.45) is 0 Å². The largest absolute Gasteiger partial charge is 0.381 e. The van der Waals surface area contributed by atoms with E-state index in [1.807, 2.05) is 19.9 Å². The standard InChI is InChI=1S/C15H23NO4S/c1-14(2)7-9-6-11(16-13(18)10(17)8-19-5)21-12(9)15(3,4)20-14/h6,10,17H,7-8H2,1-5H3,(H,16,18). The Bertz CT molecular complexity index is 536. The van der Waals surface area contributed by atoms with Crippen LogP contribution in [0.2, 0.25) is 0 Å². The molecule has 1 aliphatic heterocycles. The Morgan fingerprint density at radius 1 is 1.52 bits per heavy atom. The van der Waals surface area contributed by atoms with Gasteiger partial charge in [-0.15, -0.1) is 11.3 Å². The molecule has 0 bridgehead atoms. The number of hydrogen-bond acceptors (Lipinski definition) is 5. The van der Waals surface area contributed by atoms with Crippen molar-refractivity contribution < 1.29 is 19.4 Å². The minimum atomic E-state index is -1.16. The molecule has 21 heavy (non-hydrogen) atoms. The van der Waals surface area contributed by atoms with E-state index < -0.39 is 12.0 Å². The molecule has 6 heteroatoms. The summed E-state index contributed by atoms with van der Waals surface area (Å²) in [6, 6.07) is 1.98. The first-order valence-corrected chi connectivity index (χ1v) is 7.77. The van der Waals surface area contributed by atoms with Gasteiger partial charge < -0.3 is 19.9 Å². The summed E-state index contributed by atoms with van der Waals surface area (Å²) in [6.07, 6.45) is -0.353. The molecule has 0 aromatic carbocycles. The highest BCUT2D eigenvalue weighted by molar-refractivity contribution is 7.16. The monoisotopic (exact) mass is 313 g/mol. The maximum atomic E-state index is 11.8. The van der Waals surface area contributed by atoms with Gasteiger partial charge >= 0.3 is 0 Å². The van der Waals surface area contributed by atoms with E-state index in [9.17, 15) is 9.90 Å². The third-order valence-corrected chi connectivity index (χ3v) is 4.77. The zero-order chi connectivity index (χ0) is 15.8. The van der Waals surface area contributed by atoms with Crippen LogP contribution in [0.4, 0.5) is 5.00 Å². The summed E-state index contributed by atoms with van der Waals surface area (Å²) in [5.41, 5.74) is 0.586. The average molecular weight is 313 g/mol. The van der Waals surface area contributed by atoms with Crippen molar-refractivity contribution in [2.75, 3.05) is 19.0 Å². The van der Waals surface area contributed by atoms with Gasteiger partial charge in [0.1, 0.15) is 0 Å². The molecule has 0 radical (unpaired) electrons. The zero-order valence-corrected chi connectivity index (χ0v) is 14.0. The van der Waals surface area contributed by atoms with Crippen molar-refractivity contribution in [3.8, 4) is 0 Å². The number of carbonyl (C=O) groups is 1. The number of aliphatic hydroxyl groups excluding tert-OH is 1. The number of aliphatic hydroxyl groups is 1. The van der Waals surface area contributed by atoms with E-state index in [1.54, 1.807) is 0 Å². The van der Waals surface area contributed by atoms with Crippen molar-refractivity contribution in [1.82, 2.24) is 0 Å². The highest BCUT2D eigenvalue weighted by Gasteiger charge is 2.39. The fourth-order valence-electron chi connectivity index (χ4n) is 2.80. The summed E-state index contributed by atoms with van der Waals surface area (Å²) in [7, 11) is 1.45. The van der Waals surface area contributed by atoms with Crippen molar-refractivity contribution in [1.29, 1.82) is 0 Å². The lowest BCUT2D eigenvalue weighted by molar-refractivity contribution is -0.135. The summed E-state index contributed by atoms with van der Waals surface area (Å²) >= 11 is 1.50. The molecule has 5 nitrogen and oxygen atoms in total. The summed E-state index contributed by atoms with van der Waals surface area (Å²) in [6.45, 7) is 8.19. The SMILES string of the molecule is COCC(O)C(=O)Nc1cc2c(s1)C(C)(C)OC(C)(C)C2. The van der Waals surface area contributed by atoms with Crippen LogP contribution in [0.5, 0.6) is 0 Å². The highest BCUT2D eigenvalue weighted by atomic mass is 32.1. The molecule has 2 rings (SSSR count). The second-order valence-corrected chi connectivity index (χ2v) is 7.53. The number of fused-ring (bicyclic) bond motifs is 1. The maximum Gasteiger partial charge on any atom is 0.256 e. The van der Waals surface area contributed by atoms with Crippen LogP contribution in [0.3, 0.4) is 0 Å². The van der Waals surface area contributed by atoms with Gasteiger partial charge in [-0.2, -0.15) is 0 Å². The number of hydrogen-bond donors (Lipinski definition) is 2. The Balaban J connectivity index is 2.19. The van der Waals surface area contributed by atoms with Crippen LogP contribution in [0.1, 0.15) is 38.1 Å². The second-order valence-electron chi connectivity index (χ2n) is 6.47. The highest BCUT2D eigenvalue weighted by Crippen LogP contribution is 2.45. The topological polar surface area (TPSA) is 67.8 Å². The number of anilines is 1. The molecule has 0 aliphatic carbocycles. The third-order valence-electron chi connectivity index (χ3n) is 3.38. The van der Waals surface area contributed by atoms with Gasteiger partial charge in [-0.05, 0) is 39.3 Å². The van der Waals surface area contributed by atoms with E-state index in [1.165, 1.54) is 24.0 Å². The lowest BCUT2D eigenvalue weighted by Gasteiger charge is -2.41. The molecule has 0 fully saturated rings. The van der Waals surface area contributed by atoms with Crippen molar-refractivity contribution in [2.45, 2.75) is 51.4 Å². The number of ether oxygens (including phenoxy) is 2. The van der Waals surface area contributed by atoms with Gasteiger partial charge in [0.15, 0.2) is 6.10 Å². The van der Waals surface area contributed by atoms with Crippen LogP contribution in [-0.4, -0.2) is 36.4 Å². The Morgan fingerprint density at radius 3 is 2.81 bits per heavy atom. The van der Waals surface area contributed by atoms with Crippen molar-refractivity contribution >= 4 is 22.2 Å². The van der Waals surface area contributed by atoms with Gasteiger partial charge in [-0.1, -0.05) is 0 Å². The van der Waals surface area contributed by atoms with Crippen molar-refractivity contribution in [3.05, 3.63) is 16.5 Å². The number of rotatable bonds is 4. The molecule has 1 aromatic rings. The van der Waals surface area contributed by atoms with E-state index in [-0.39, 0.29) is 17.8 Å². The Morgan fingerprint density at radius 2 is 2.19 bits per heavy atom. The normalized spacial score (nSPS) is 20.7. The summed E-state index contributed by atoms with van der Waals surface area (Å²) in [5, 5.41) is 13.1. The molecule has 2 heterocycles. The number of amides is 1. The lowest BCUT2D eigenvalue weighted by atomic mass is 9.89. The minimum Gasteiger partial charge on any atom is -0.381 e. The Labute approximate surface area is 129 Å². The fraction of sp³-hybridized carbons (Fsp3) is 0.667. The smallest absolute Gasteiger partial charge is 0.256 e. The number of carbonyl (C=O) groups excluding carboxylic acids is 1. The molecule has 2 N–H and O–H groups in total. The van der Waals surface area contributed by atoms with Crippen molar-refractivity contribution in [3.63, 3.8) is 0 Å². The molecule has 1 atom stereocenters. The van der Waals surface area contributed by atoms with E-state index in [4.69, 9.17) is 9.47 Å². The Kier molecular flexibility index (Phi) is 4.44. The fourth-order valence-corrected chi connectivity index (χ4v) is 3.92. The van der Waals surface area contributed by atoms with Crippen LogP contribution in [0, 0.1) is 0 Å². The van der Waals surface area contributed by atoms with Gasteiger partial charge in [0, 0.05) is 18.4 Å². The van der Waals surface area contributed by atoms with Gasteiger partial charge in [0.2, 0.25) is 0 Å². The Hall–Kier alpha value is -0.950. The first-order valence-electron chi connectivity index (χ1n) is 6.96. The van der Waals surface area contributed by atoms with Crippen LogP contribution in [-0.2, 0) is 26.3 Å². The van der Waals surface area contributed by atoms with Gasteiger partial charge in [0.25, 0.3) is 5.91 Å². The van der Waals surface area contributed by atoms with Crippen LogP contribution in [0.15, 0.2) is 6.07 Å². The summed E-state index contributed by atoms with van der Waals surface area (Å²) in [4.78, 5) is 13.0. The lowest BCUT2D eigenvalue weighted by Crippen LogP contribution is -2.41. The molecule has 1 unspecified atom stereocenters. The molecular formula is C15H23NO4S. The number of methoxy groups -OCH3 is 1. The average Bonchev–Trinajstić information content (AvgIpc) is 2.70. The van der Waals surface area contributed by atoms with E-state index in [0.717, 1.165) is 16.3 Å². The van der Waals surface area contributed by atoms with E-state index in [0.29, 0.717) is 0 Å². The second kappa shape index (κ2) is 5.68. The molecular weight excluding hydrogens is 290 g/mol. The van der Waals surface area contributed by atoms with Crippen LogP contribution >= 0.6 is 11.3 Å². The molecule has 0 saturated carbocycles. The van der Waals surface area contributed by atoms with Crippen LogP contribution in [0.25, 0.3) is 0 Å². The first-order chi connectivity index (χ1) is 9.64. The summed E-state index contributed by atoms with van der Waals surface area (Å²) < 4.78 is 10.9. The molecule has 0 saturated heterocycles. The third kappa shape index (κ3) is 3.63. The minimum absolute atomic E-state index is 0.0153. The maximum absolute atomic E-state index is 11.8. The molecule has 1 aliphatic rings. The molecule has 1 aromatic heterocycles. The molecule has 1 amide bonds.